The van der Waals surface area contributed by atoms with Crippen LogP contribution in [0.15, 0.2) is 24.3 Å². The summed E-state index contributed by atoms with van der Waals surface area (Å²) in [4.78, 5) is 11.6. The molecule has 4 heteroatoms. The van der Waals surface area contributed by atoms with Gasteiger partial charge in [-0.05, 0) is 44.0 Å². The molecule has 18 heavy (non-hydrogen) atoms. The third-order valence-electron chi connectivity index (χ3n) is 2.83. The smallest absolute Gasteiger partial charge is 0.220 e. The summed E-state index contributed by atoms with van der Waals surface area (Å²) in [7, 11) is 0. The third kappa shape index (κ3) is 5.27. The Morgan fingerprint density at radius 1 is 1.39 bits per heavy atom. The molecule has 100 valence electrons. The highest BCUT2D eigenvalue weighted by atomic mass is 19.1. The van der Waals surface area contributed by atoms with Crippen LogP contribution in [0.3, 0.4) is 0 Å². The van der Waals surface area contributed by atoms with Gasteiger partial charge in [0, 0.05) is 6.42 Å². The van der Waals surface area contributed by atoms with Crippen LogP contribution in [-0.2, 0) is 4.79 Å². The molecule has 0 heterocycles. The molecule has 0 aliphatic heterocycles. The third-order valence-corrected chi connectivity index (χ3v) is 2.83. The summed E-state index contributed by atoms with van der Waals surface area (Å²) < 4.78 is 13.0. The molecular weight excluding hydrogens is 231 g/mol. The Bertz CT molecular complexity index is 382. The fourth-order valence-corrected chi connectivity index (χ4v) is 1.78. The lowest BCUT2D eigenvalue weighted by molar-refractivity contribution is -0.121. The van der Waals surface area contributed by atoms with E-state index in [0.29, 0.717) is 13.0 Å². The first-order valence-electron chi connectivity index (χ1n) is 6.38. The van der Waals surface area contributed by atoms with E-state index in [2.05, 4.69) is 5.32 Å². The van der Waals surface area contributed by atoms with Crippen molar-refractivity contribution >= 4 is 5.91 Å². The maximum absolute atomic E-state index is 13.0. The van der Waals surface area contributed by atoms with Gasteiger partial charge in [-0.15, -0.1) is 0 Å². The van der Waals surface area contributed by atoms with E-state index in [1.165, 1.54) is 12.1 Å². The largest absolute Gasteiger partial charge is 0.350 e. The number of nitrogens with one attached hydrogen (secondary N) is 1. The normalized spacial score (nSPS) is 12.2. The average Bonchev–Trinajstić information content (AvgIpc) is 2.34. The maximum Gasteiger partial charge on any atom is 0.220 e. The van der Waals surface area contributed by atoms with E-state index in [1.54, 1.807) is 6.07 Å². The quantitative estimate of drug-likeness (QED) is 0.733. The molecule has 1 aromatic carbocycles. The second-order valence-electron chi connectivity index (χ2n) is 4.44. The number of amides is 1. The van der Waals surface area contributed by atoms with E-state index in [9.17, 15) is 9.18 Å². The van der Waals surface area contributed by atoms with Crippen LogP contribution in [0.2, 0.25) is 0 Å². The first-order valence-corrected chi connectivity index (χ1v) is 6.38. The highest BCUT2D eigenvalue weighted by Crippen LogP contribution is 2.13. The van der Waals surface area contributed by atoms with Crippen molar-refractivity contribution in [2.75, 3.05) is 6.54 Å². The monoisotopic (exact) mass is 252 g/mol. The second-order valence-corrected chi connectivity index (χ2v) is 4.44. The summed E-state index contributed by atoms with van der Waals surface area (Å²) >= 11 is 0. The zero-order valence-electron chi connectivity index (χ0n) is 10.8. The number of carbonyl (C=O) groups is 1. The van der Waals surface area contributed by atoms with Gasteiger partial charge in [-0.3, -0.25) is 4.79 Å². The molecule has 0 spiro atoms. The number of unbranched alkanes of at least 4 members (excludes halogenated alkanes) is 2. The maximum atomic E-state index is 13.0. The number of carbonyl (C=O) groups excluding carboxylic acids is 1. The molecule has 1 amide bonds. The average molecular weight is 252 g/mol. The van der Waals surface area contributed by atoms with Gasteiger partial charge in [0.2, 0.25) is 5.91 Å². The minimum absolute atomic E-state index is 0.00350. The summed E-state index contributed by atoms with van der Waals surface area (Å²) in [6, 6.07) is 6.13. The van der Waals surface area contributed by atoms with Gasteiger partial charge in [-0.1, -0.05) is 18.6 Å². The Hall–Kier alpha value is -1.42. The van der Waals surface area contributed by atoms with Crippen molar-refractivity contribution in [3.8, 4) is 0 Å². The zero-order chi connectivity index (χ0) is 13.4. The van der Waals surface area contributed by atoms with Gasteiger partial charge >= 0.3 is 0 Å². The summed E-state index contributed by atoms with van der Waals surface area (Å²) in [5.41, 5.74) is 6.16. The van der Waals surface area contributed by atoms with Gasteiger partial charge < -0.3 is 11.1 Å². The SMILES string of the molecule is CC(NC(=O)CCCCCN)c1cccc(F)c1. The Labute approximate surface area is 108 Å². The summed E-state index contributed by atoms with van der Waals surface area (Å²) in [6.45, 7) is 2.52. The molecule has 0 aliphatic carbocycles. The molecule has 0 bridgehead atoms. The van der Waals surface area contributed by atoms with Crippen molar-refractivity contribution in [3.63, 3.8) is 0 Å². The highest BCUT2D eigenvalue weighted by molar-refractivity contribution is 5.76. The first-order chi connectivity index (χ1) is 8.63. The van der Waals surface area contributed by atoms with Crippen LogP contribution in [0.1, 0.15) is 44.2 Å². The van der Waals surface area contributed by atoms with Gasteiger partial charge in [0.1, 0.15) is 5.82 Å². The molecular formula is C14H21FN2O. The number of halogens is 1. The number of hydrogen-bond acceptors (Lipinski definition) is 2. The van der Waals surface area contributed by atoms with E-state index in [0.717, 1.165) is 24.8 Å². The summed E-state index contributed by atoms with van der Waals surface area (Å²) in [5.74, 6) is -0.277. The predicted octanol–water partition coefficient (Wildman–Crippen LogP) is 2.52. The molecule has 0 aromatic heterocycles. The van der Waals surface area contributed by atoms with Gasteiger partial charge in [0.15, 0.2) is 0 Å². The molecule has 1 unspecified atom stereocenters. The fraction of sp³-hybridized carbons (Fsp3) is 0.500. The standard InChI is InChI=1S/C14H21FN2O/c1-11(12-6-5-7-13(15)10-12)17-14(18)8-3-2-4-9-16/h5-7,10-11H,2-4,8-9,16H2,1H3,(H,17,18). The van der Waals surface area contributed by atoms with Gasteiger partial charge in [-0.2, -0.15) is 0 Å². The summed E-state index contributed by atoms with van der Waals surface area (Å²) in [5, 5.41) is 2.86. The van der Waals surface area contributed by atoms with E-state index in [1.807, 2.05) is 13.0 Å². The van der Waals surface area contributed by atoms with E-state index >= 15 is 0 Å². The van der Waals surface area contributed by atoms with Crippen molar-refractivity contribution in [1.29, 1.82) is 0 Å². The molecule has 0 radical (unpaired) electrons. The lowest BCUT2D eigenvalue weighted by atomic mass is 10.1. The topological polar surface area (TPSA) is 55.1 Å². The van der Waals surface area contributed by atoms with Crippen LogP contribution in [0.4, 0.5) is 4.39 Å². The van der Waals surface area contributed by atoms with Crippen molar-refractivity contribution in [3.05, 3.63) is 35.6 Å². The van der Waals surface area contributed by atoms with Crippen LogP contribution in [0.25, 0.3) is 0 Å². The van der Waals surface area contributed by atoms with E-state index in [-0.39, 0.29) is 17.8 Å². The van der Waals surface area contributed by atoms with Crippen LogP contribution in [-0.4, -0.2) is 12.5 Å². The minimum Gasteiger partial charge on any atom is -0.350 e. The summed E-state index contributed by atoms with van der Waals surface area (Å²) in [6.07, 6.45) is 3.27. The van der Waals surface area contributed by atoms with Gasteiger partial charge in [0.25, 0.3) is 0 Å². The number of nitrogens with two attached hydrogens (primary N) is 1. The Kier molecular flexibility index (Phi) is 6.36. The number of hydrogen-bond donors (Lipinski definition) is 2. The van der Waals surface area contributed by atoms with Crippen LogP contribution in [0, 0.1) is 5.82 Å². The van der Waals surface area contributed by atoms with Crippen molar-refractivity contribution in [2.45, 2.75) is 38.6 Å². The highest BCUT2D eigenvalue weighted by Gasteiger charge is 2.09. The first kappa shape index (κ1) is 14.6. The Balaban J connectivity index is 2.35. The zero-order valence-corrected chi connectivity index (χ0v) is 10.8. The molecule has 0 saturated heterocycles. The Morgan fingerprint density at radius 3 is 2.83 bits per heavy atom. The lowest BCUT2D eigenvalue weighted by Gasteiger charge is -2.14. The Morgan fingerprint density at radius 2 is 2.17 bits per heavy atom. The van der Waals surface area contributed by atoms with Crippen LogP contribution in [0.5, 0.6) is 0 Å². The molecule has 1 atom stereocenters. The molecule has 3 nitrogen and oxygen atoms in total. The molecule has 1 rings (SSSR count). The van der Waals surface area contributed by atoms with Crippen LogP contribution >= 0.6 is 0 Å². The minimum atomic E-state index is -0.281. The molecule has 3 N–H and O–H groups in total. The molecule has 1 aromatic rings. The molecule has 0 saturated carbocycles. The molecule has 0 aliphatic rings. The van der Waals surface area contributed by atoms with E-state index in [4.69, 9.17) is 5.73 Å². The van der Waals surface area contributed by atoms with Crippen LogP contribution < -0.4 is 11.1 Å². The van der Waals surface area contributed by atoms with Crippen molar-refractivity contribution in [2.24, 2.45) is 5.73 Å². The van der Waals surface area contributed by atoms with E-state index < -0.39 is 0 Å². The fourth-order valence-electron chi connectivity index (χ4n) is 1.78. The number of rotatable bonds is 7. The van der Waals surface area contributed by atoms with Crippen molar-refractivity contribution in [1.82, 2.24) is 5.32 Å². The molecule has 0 fully saturated rings. The van der Waals surface area contributed by atoms with Gasteiger partial charge in [0.05, 0.1) is 6.04 Å². The predicted molar refractivity (Wildman–Crippen MR) is 70.5 cm³/mol. The van der Waals surface area contributed by atoms with Crippen molar-refractivity contribution < 1.29 is 9.18 Å². The van der Waals surface area contributed by atoms with Gasteiger partial charge in [-0.25, -0.2) is 4.39 Å². The lowest BCUT2D eigenvalue weighted by Crippen LogP contribution is -2.26. The second kappa shape index (κ2) is 7.82. The number of benzene rings is 1.